The fourth-order valence-corrected chi connectivity index (χ4v) is 2.27. The number of oxime groups is 1. The molecule has 0 spiro atoms. The molecule has 0 radical (unpaired) electrons. The van der Waals surface area contributed by atoms with Crippen LogP contribution in [-0.4, -0.2) is 30.3 Å². The van der Waals surface area contributed by atoms with E-state index in [0.717, 1.165) is 37.2 Å². The van der Waals surface area contributed by atoms with Gasteiger partial charge in [0.25, 0.3) is 0 Å². The van der Waals surface area contributed by atoms with Crippen molar-refractivity contribution in [3.8, 4) is 0 Å². The molecule has 1 fully saturated rings. The van der Waals surface area contributed by atoms with Crippen LogP contribution in [0.5, 0.6) is 0 Å². The topological polar surface area (TPSA) is 79.9 Å². The van der Waals surface area contributed by atoms with Gasteiger partial charge in [-0.05, 0) is 37.4 Å². The summed E-state index contributed by atoms with van der Waals surface area (Å²) in [5, 5.41) is 15.0. The molecule has 1 heterocycles. The highest BCUT2D eigenvalue weighted by molar-refractivity contribution is 5.97. The minimum absolute atomic E-state index is 0.140. The summed E-state index contributed by atoms with van der Waals surface area (Å²) in [6, 6.07) is 7.68. The summed E-state index contributed by atoms with van der Waals surface area (Å²) in [4.78, 5) is 0. The van der Waals surface area contributed by atoms with Gasteiger partial charge >= 0.3 is 0 Å². The fraction of sp³-hybridized carbons (Fsp3) is 0.500. The number of nitrogens with two attached hydrogens (primary N) is 1. The van der Waals surface area contributed by atoms with Crippen molar-refractivity contribution in [2.24, 2.45) is 10.9 Å². The van der Waals surface area contributed by atoms with E-state index in [1.54, 1.807) is 0 Å². The van der Waals surface area contributed by atoms with Gasteiger partial charge in [0.15, 0.2) is 5.84 Å². The molecule has 104 valence electrons. The molecule has 1 saturated heterocycles. The third-order valence-corrected chi connectivity index (χ3v) is 3.33. The first-order valence-corrected chi connectivity index (χ1v) is 6.69. The van der Waals surface area contributed by atoms with Gasteiger partial charge in [0.05, 0.1) is 6.10 Å². The van der Waals surface area contributed by atoms with Crippen LogP contribution in [0.15, 0.2) is 29.4 Å². The summed E-state index contributed by atoms with van der Waals surface area (Å²) in [5.74, 6) is 0.140. The molecule has 1 unspecified atom stereocenters. The predicted molar refractivity (Wildman–Crippen MR) is 74.3 cm³/mol. The molecule has 2 rings (SSSR count). The second-order valence-corrected chi connectivity index (χ2v) is 4.79. The quantitative estimate of drug-likeness (QED) is 0.238. The summed E-state index contributed by atoms with van der Waals surface area (Å²) in [6.45, 7) is 2.63. The Kier molecular flexibility index (Phi) is 5.18. The Morgan fingerprint density at radius 3 is 3.16 bits per heavy atom. The standard InChI is InChI=1S/C14H21N3O2/c15-14(17-18)12-4-1-3-11(9-12)10-16-7-6-13-5-2-8-19-13/h1,3-4,9,13,16,18H,2,5-8,10H2,(H2,15,17). The van der Waals surface area contributed by atoms with Gasteiger partial charge in [-0.2, -0.15) is 0 Å². The molecular weight excluding hydrogens is 242 g/mol. The lowest BCUT2D eigenvalue weighted by atomic mass is 10.1. The maximum absolute atomic E-state index is 8.65. The van der Waals surface area contributed by atoms with E-state index in [4.69, 9.17) is 15.7 Å². The Balaban J connectivity index is 1.76. The zero-order valence-electron chi connectivity index (χ0n) is 11.0. The van der Waals surface area contributed by atoms with Gasteiger partial charge in [-0.1, -0.05) is 23.4 Å². The van der Waals surface area contributed by atoms with Crippen molar-refractivity contribution in [2.45, 2.75) is 31.9 Å². The highest BCUT2D eigenvalue weighted by atomic mass is 16.5. The van der Waals surface area contributed by atoms with Crippen molar-refractivity contribution in [2.75, 3.05) is 13.2 Å². The molecule has 0 saturated carbocycles. The molecule has 1 aromatic rings. The third kappa shape index (κ3) is 4.22. The van der Waals surface area contributed by atoms with Crippen LogP contribution in [0.3, 0.4) is 0 Å². The average molecular weight is 263 g/mol. The molecular formula is C14H21N3O2. The molecule has 1 aliphatic rings. The zero-order valence-corrected chi connectivity index (χ0v) is 11.0. The van der Waals surface area contributed by atoms with Gasteiger partial charge in [0, 0.05) is 18.7 Å². The average Bonchev–Trinajstić information content (AvgIpc) is 2.96. The molecule has 5 nitrogen and oxygen atoms in total. The minimum Gasteiger partial charge on any atom is -0.409 e. The van der Waals surface area contributed by atoms with Gasteiger partial charge in [0.2, 0.25) is 0 Å². The van der Waals surface area contributed by atoms with Crippen molar-refractivity contribution in [1.29, 1.82) is 0 Å². The van der Waals surface area contributed by atoms with Crippen LogP contribution in [0.2, 0.25) is 0 Å². The summed E-state index contributed by atoms with van der Waals surface area (Å²) < 4.78 is 5.57. The molecule has 0 amide bonds. The Morgan fingerprint density at radius 1 is 1.53 bits per heavy atom. The van der Waals surface area contributed by atoms with E-state index >= 15 is 0 Å². The van der Waals surface area contributed by atoms with Crippen molar-refractivity contribution >= 4 is 5.84 Å². The Morgan fingerprint density at radius 2 is 2.42 bits per heavy atom. The van der Waals surface area contributed by atoms with Crippen molar-refractivity contribution in [1.82, 2.24) is 5.32 Å². The number of nitrogens with one attached hydrogen (secondary N) is 1. The van der Waals surface area contributed by atoms with Gasteiger partial charge < -0.3 is 21.0 Å². The van der Waals surface area contributed by atoms with Gasteiger partial charge in [-0.3, -0.25) is 0 Å². The minimum atomic E-state index is 0.140. The summed E-state index contributed by atoms with van der Waals surface area (Å²) >= 11 is 0. The molecule has 4 N–H and O–H groups in total. The fourth-order valence-electron chi connectivity index (χ4n) is 2.27. The number of nitrogens with zero attached hydrogens (tertiary/aromatic N) is 1. The van der Waals surface area contributed by atoms with E-state index in [9.17, 15) is 0 Å². The number of ether oxygens (including phenoxy) is 1. The van der Waals surface area contributed by atoms with E-state index in [1.807, 2.05) is 24.3 Å². The number of hydrogen-bond donors (Lipinski definition) is 3. The highest BCUT2D eigenvalue weighted by Crippen LogP contribution is 2.14. The second-order valence-electron chi connectivity index (χ2n) is 4.79. The second kappa shape index (κ2) is 7.11. The maximum atomic E-state index is 8.65. The van der Waals surface area contributed by atoms with Crippen LogP contribution in [-0.2, 0) is 11.3 Å². The lowest BCUT2D eigenvalue weighted by molar-refractivity contribution is 0.104. The van der Waals surface area contributed by atoms with Crippen molar-refractivity contribution in [3.05, 3.63) is 35.4 Å². The normalized spacial score (nSPS) is 19.8. The molecule has 1 atom stereocenters. The van der Waals surface area contributed by atoms with Crippen LogP contribution in [0.4, 0.5) is 0 Å². The lowest BCUT2D eigenvalue weighted by Gasteiger charge is -2.10. The highest BCUT2D eigenvalue weighted by Gasteiger charge is 2.14. The van der Waals surface area contributed by atoms with E-state index in [1.165, 1.54) is 12.8 Å². The smallest absolute Gasteiger partial charge is 0.170 e. The predicted octanol–water partition coefficient (Wildman–Crippen LogP) is 1.44. The first kappa shape index (κ1) is 13.8. The SMILES string of the molecule is NC(=NO)c1cccc(CNCCC2CCCO2)c1. The summed E-state index contributed by atoms with van der Waals surface area (Å²) in [6.07, 6.45) is 3.85. The van der Waals surface area contributed by atoms with E-state index in [0.29, 0.717) is 6.10 Å². The first-order chi connectivity index (χ1) is 9.29. The van der Waals surface area contributed by atoms with Crippen LogP contribution < -0.4 is 11.1 Å². The largest absolute Gasteiger partial charge is 0.409 e. The molecule has 1 aliphatic heterocycles. The zero-order chi connectivity index (χ0) is 13.5. The first-order valence-electron chi connectivity index (χ1n) is 6.69. The maximum Gasteiger partial charge on any atom is 0.170 e. The monoisotopic (exact) mass is 263 g/mol. The van der Waals surface area contributed by atoms with Crippen LogP contribution in [0.1, 0.15) is 30.4 Å². The lowest BCUT2D eigenvalue weighted by Crippen LogP contribution is -2.20. The van der Waals surface area contributed by atoms with E-state index in [2.05, 4.69) is 10.5 Å². The summed E-state index contributed by atoms with van der Waals surface area (Å²) in [7, 11) is 0. The van der Waals surface area contributed by atoms with E-state index < -0.39 is 0 Å². The number of rotatable bonds is 6. The van der Waals surface area contributed by atoms with Crippen molar-refractivity contribution in [3.63, 3.8) is 0 Å². The van der Waals surface area contributed by atoms with Gasteiger partial charge in [-0.25, -0.2) is 0 Å². The van der Waals surface area contributed by atoms with Crippen LogP contribution in [0.25, 0.3) is 0 Å². The van der Waals surface area contributed by atoms with E-state index in [-0.39, 0.29) is 5.84 Å². The molecule has 0 bridgehead atoms. The number of amidine groups is 1. The molecule has 19 heavy (non-hydrogen) atoms. The van der Waals surface area contributed by atoms with Crippen LogP contribution in [0, 0.1) is 0 Å². The Hall–Kier alpha value is -1.59. The molecule has 1 aromatic carbocycles. The number of hydrogen-bond acceptors (Lipinski definition) is 4. The third-order valence-electron chi connectivity index (χ3n) is 3.33. The van der Waals surface area contributed by atoms with Gasteiger partial charge in [-0.15, -0.1) is 0 Å². The van der Waals surface area contributed by atoms with Gasteiger partial charge in [0.1, 0.15) is 0 Å². The number of benzene rings is 1. The molecule has 0 aliphatic carbocycles. The molecule has 0 aromatic heterocycles. The van der Waals surface area contributed by atoms with Crippen molar-refractivity contribution < 1.29 is 9.94 Å². The summed E-state index contributed by atoms with van der Waals surface area (Å²) in [5.41, 5.74) is 7.42. The van der Waals surface area contributed by atoms with Crippen LogP contribution >= 0.6 is 0 Å². The molecule has 5 heteroatoms. The Labute approximate surface area is 113 Å². The Bertz CT molecular complexity index is 428.